The molecule has 26 heavy (non-hydrogen) atoms. The number of hydrogen-bond acceptors (Lipinski definition) is 5. The minimum Gasteiger partial charge on any atom is -0.493 e. The number of hydrogen-bond donors (Lipinski definition) is 0. The third-order valence-electron chi connectivity index (χ3n) is 4.69. The minimum atomic E-state index is -0.0926. The summed E-state index contributed by atoms with van der Waals surface area (Å²) in [5, 5.41) is 0. The van der Waals surface area contributed by atoms with Crippen LogP contribution in [0.15, 0.2) is 35.1 Å². The number of amides is 1. The van der Waals surface area contributed by atoms with Crippen LogP contribution in [0.5, 0.6) is 11.5 Å². The van der Waals surface area contributed by atoms with E-state index >= 15 is 0 Å². The molecule has 0 radical (unpaired) electrons. The lowest BCUT2D eigenvalue weighted by atomic mass is 9.95. The van der Waals surface area contributed by atoms with Gasteiger partial charge in [-0.05, 0) is 60.2 Å². The number of nitrogens with zero attached hydrogens (tertiary/aromatic N) is 3. The first-order chi connectivity index (χ1) is 12.5. The summed E-state index contributed by atoms with van der Waals surface area (Å²) in [6.07, 6.45) is 2.49. The zero-order valence-electron chi connectivity index (χ0n) is 15.3. The monoisotopic (exact) mass is 419 g/mol. The van der Waals surface area contributed by atoms with Crippen LogP contribution in [-0.4, -0.2) is 56.7 Å². The first-order valence-electron chi connectivity index (χ1n) is 8.30. The molecular formula is C19H22BrN3O3. The summed E-state index contributed by atoms with van der Waals surface area (Å²) < 4.78 is 11.4. The molecule has 7 heteroatoms. The molecule has 0 saturated carbocycles. The first kappa shape index (κ1) is 18.7. The molecule has 6 nitrogen and oxygen atoms in total. The van der Waals surface area contributed by atoms with Gasteiger partial charge in [0.05, 0.1) is 25.5 Å². The van der Waals surface area contributed by atoms with Crippen molar-refractivity contribution in [2.45, 2.75) is 12.5 Å². The largest absolute Gasteiger partial charge is 0.493 e. The van der Waals surface area contributed by atoms with E-state index in [9.17, 15) is 4.79 Å². The van der Waals surface area contributed by atoms with E-state index in [-0.39, 0.29) is 11.9 Å². The molecule has 1 aromatic heterocycles. The van der Waals surface area contributed by atoms with Gasteiger partial charge in [0.2, 0.25) is 0 Å². The number of fused-ring (bicyclic) bond motifs is 1. The maximum Gasteiger partial charge on any atom is 0.261 e. The van der Waals surface area contributed by atoms with Gasteiger partial charge in [0.15, 0.2) is 11.5 Å². The number of carbonyl (C=O) groups excluding carboxylic acids is 1. The predicted octanol–water partition coefficient (Wildman–Crippen LogP) is 2.99. The molecule has 2 heterocycles. The quantitative estimate of drug-likeness (QED) is 0.712. The van der Waals surface area contributed by atoms with Crippen molar-refractivity contribution in [1.29, 1.82) is 0 Å². The van der Waals surface area contributed by atoms with Crippen molar-refractivity contribution < 1.29 is 14.3 Å². The molecule has 1 amide bonds. The third-order valence-corrected chi connectivity index (χ3v) is 5.32. The zero-order chi connectivity index (χ0) is 18.8. The predicted molar refractivity (Wildman–Crippen MR) is 104 cm³/mol. The molecule has 1 aromatic carbocycles. The highest BCUT2D eigenvalue weighted by Crippen LogP contribution is 2.39. The van der Waals surface area contributed by atoms with Gasteiger partial charge in [0.25, 0.3) is 5.91 Å². The molecule has 0 bridgehead atoms. The second-order valence-electron chi connectivity index (χ2n) is 6.41. The van der Waals surface area contributed by atoms with Gasteiger partial charge < -0.3 is 19.3 Å². The van der Waals surface area contributed by atoms with Crippen LogP contribution in [0.25, 0.3) is 0 Å². The van der Waals surface area contributed by atoms with Gasteiger partial charge >= 0.3 is 0 Å². The number of carbonyl (C=O) groups is 1. The maximum atomic E-state index is 13.3. The van der Waals surface area contributed by atoms with Gasteiger partial charge in [-0.1, -0.05) is 0 Å². The fraction of sp³-hybridized carbons (Fsp3) is 0.368. The van der Waals surface area contributed by atoms with E-state index in [4.69, 9.17) is 9.47 Å². The second kappa shape index (κ2) is 7.63. The van der Waals surface area contributed by atoms with Gasteiger partial charge in [0, 0.05) is 24.8 Å². The molecule has 0 aliphatic carbocycles. The van der Waals surface area contributed by atoms with Crippen LogP contribution in [0.2, 0.25) is 0 Å². The Hall–Kier alpha value is -2.12. The molecule has 0 N–H and O–H groups in total. The van der Waals surface area contributed by atoms with Crippen molar-refractivity contribution in [1.82, 2.24) is 9.88 Å². The Bertz CT molecular complexity index is 826. The maximum absolute atomic E-state index is 13.3. The van der Waals surface area contributed by atoms with Gasteiger partial charge in [0.1, 0.15) is 4.60 Å². The average Bonchev–Trinajstić information content (AvgIpc) is 2.65. The Labute approximate surface area is 161 Å². The van der Waals surface area contributed by atoms with Crippen LogP contribution in [0.4, 0.5) is 5.69 Å². The fourth-order valence-corrected chi connectivity index (χ4v) is 3.60. The van der Waals surface area contributed by atoms with Crippen LogP contribution in [-0.2, 0) is 6.42 Å². The average molecular weight is 420 g/mol. The summed E-state index contributed by atoms with van der Waals surface area (Å²) in [6, 6.07) is 7.59. The minimum absolute atomic E-state index is 0.0926. The van der Waals surface area contributed by atoms with Crippen LogP contribution >= 0.6 is 15.9 Å². The summed E-state index contributed by atoms with van der Waals surface area (Å²) in [7, 11) is 7.27. The fourth-order valence-electron chi connectivity index (χ4n) is 3.18. The van der Waals surface area contributed by atoms with Crippen molar-refractivity contribution in [3.63, 3.8) is 0 Å². The van der Waals surface area contributed by atoms with E-state index in [1.54, 1.807) is 37.4 Å². The number of methoxy groups -OCH3 is 2. The Balaban J connectivity index is 2.10. The van der Waals surface area contributed by atoms with Crippen LogP contribution in [0.3, 0.4) is 0 Å². The molecular weight excluding hydrogens is 398 g/mol. The number of likely N-dealkylation sites (N-methyl/N-ethyl adjacent to an activating group) is 1. The number of ether oxygens (including phenoxy) is 2. The molecule has 1 aliphatic rings. The van der Waals surface area contributed by atoms with E-state index in [0.717, 1.165) is 17.7 Å². The summed E-state index contributed by atoms with van der Waals surface area (Å²) in [6.45, 7) is 0.593. The van der Waals surface area contributed by atoms with Crippen molar-refractivity contribution in [2.24, 2.45) is 0 Å². The van der Waals surface area contributed by atoms with Crippen LogP contribution in [0, 0.1) is 0 Å². The number of aromatic nitrogens is 1. The molecule has 0 saturated heterocycles. The number of rotatable bonds is 4. The smallest absolute Gasteiger partial charge is 0.261 e. The summed E-state index contributed by atoms with van der Waals surface area (Å²) in [4.78, 5) is 21.4. The topological polar surface area (TPSA) is 54.9 Å². The molecule has 3 rings (SSSR count). The highest BCUT2D eigenvalue weighted by atomic mass is 79.9. The zero-order valence-corrected chi connectivity index (χ0v) is 16.9. The molecule has 138 valence electrons. The second-order valence-corrected chi connectivity index (χ2v) is 7.17. The van der Waals surface area contributed by atoms with E-state index < -0.39 is 0 Å². The lowest BCUT2D eigenvalue weighted by Crippen LogP contribution is -2.48. The molecule has 0 spiro atoms. The van der Waals surface area contributed by atoms with Crippen LogP contribution < -0.4 is 14.4 Å². The molecule has 2 aromatic rings. The van der Waals surface area contributed by atoms with Crippen LogP contribution in [0.1, 0.15) is 15.9 Å². The SMILES string of the molecule is COc1cc2c(cc1OC)N(C(=O)c1cccnc1Br)CC(N(C)C)C2. The van der Waals surface area contributed by atoms with Crippen molar-refractivity contribution in [3.8, 4) is 11.5 Å². The Morgan fingerprint density at radius 2 is 1.96 bits per heavy atom. The Morgan fingerprint density at radius 3 is 2.58 bits per heavy atom. The first-order valence-corrected chi connectivity index (χ1v) is 9.09. The standard InChI is InChI=1S/C19H22BrN3O3/c1-22(2)13-8-12-9-16(25-3)17(26-4)10-15(12)23(11-13)19(24)14-6-5-7-21-18(14)20/h5-7,9-10,13H,8,11H2,1-4H3. The highest BCUT2D eigenvalue weighted by Gasteiger charge is 2.32. The van der Waals surface area contributed by atoms with Crippen molar-refractivity contribution in [3.05, 3.63) is 46.2 Å². The van der Waals surface area contributed by atoms with E-state index in [1.807, 2.05) is 26.2 Å². The number of pyridine rings is 1. The van der Waals surface area contributed by atoms with E-state index in [0.29, 0.717) is 28.2 Å². The van der Waals surface area contributed by atoms with E-state index in [1.165, 1.54) is 0 Å². The van der Waals surface area contributed by atoms with Gasteiger partial charge in [-0.25, -0.2) is 4.98 Å². The molecule has 1 unspecified atom stereocenters. The normalized spacial score (nSPS) is 16.4. The van der Waals surface area contributed by atoms with E-state index in [2.05, 4.69) is 25.8 Å². The molecule has 1 atom stereocenters. The highest BCUT2D eigenvalue weighted by molar-refractivity contribution is 9.10. The number of benzene rings is 1. The number of halogens is 1. The van der Waals surface area contributed by atoms with Crippen molar-refractivity contribution >= 4 is 27.5 Å². The van der Waals surface area contributed by atoms with Crippen molar-refractivity contribution in [2.75, 3.05) is 39.8 Å². The third kappa shape index (κ3) is 3.41. The molecule has 1 aliphatic heterocycles. The molecule has 0 fully saturated rings. The summed E-state index contributed by atoms with van der Waals surface area (Å²) >= 11 is 3.38. The van der Waals surface area contributed by atoms with Gasteiger partial charge in [-0.2, -0.15) is 0 Å². The van der Waals surface area contributed by atoms with Gasteiger partial charge in [-0.15, -0.1) is 0 Å². The Morgan fingerprint density at radius 1 is 1.27 bits per heavy atom. The Kier molecular flexibility index (Phi) is 5.48. The summed E-state index contributed by atoms with van der Waals surface area (Å²) in [5.41, 5.74) is 2.44. The number of anilines is 1. The van der Waals surface area contributed by atoms with Gasteiger partial charge in [-0.3, -0.25) is 4.79 Å². The summed E-state index contributed by atoms with van der Waals surface area (Å²) in [5.74, 6) is 1.18. The lowest BCUT2D eigenvalue weighted by molar-refractivity contribution is 0.0974. The lowest BCUT2D eigenvalue weighted by Gasteiger charge is -2.38.